The van der Waals surface area contributed by atoms with Crippen LogP contribution in [-0.2, 0) is 6.61 Å². The normalized spacial score (nSPS) is 10.3. The maximum Gasteiger partial charge on any atom is 0.141 e. The fourth-order valence-electron chi connectivity index (χ4n) is 1.69. The molecule has 0 saturated heterocycles. The number of hydrogen-bond donors (Lipinski definition) is 1. The minimum absolute atomic E-state index is 0.335. The molecule has 2 aromatic rings. The van der Waals surface area contributed by atoms with Gasteiger partial charge in [0.05, 0.1) is 4.47 Å². The number of rotatable bonds is 6. The minimum Gasteiger partial charge on any atom is -0.489 e. The Morgan fingerprint density at radius 2 is 2.20 bits per heavy atom. The maximum atomic E-state index is 13.4. The number of hydrogen-bond acceptors (Lipinski definition) is 3. The van der Waals surface area contributed by atoms with E-state index in [9.17, 15) is 4.39 Å². The molecule has 0 spiro atoms. The van der Waals surface area contributed by atoms with Crippen LogP contribution in [0.3, 0.4) is 0 Å². The predicted molar refractivity (Wildman–Crippen MR) is 81.4 cm³/mol. The first-order valence-corrected chi connectivity index (χ1v) is 7.25. The molecule has 0 unspecified atom stereocenters. The molecule has 1 heterocycles. The quantitative estimate of drug-likeness (QED) is 0.848. The summed E-state index contributed by atoms with van der Waals surface area (Å²) < 4.78 is 19.4. The van der Waals surface area contributed by atoms with Crippen molar-refractivity contribution in [2.45, 2.75) is 20.0 Å². The highest BCUT2D eigenvalue weighted by molar-refractivity contribution is 9.10. The van der Waals surface area contributed by atoms with Crippen LogP contribution in [0.25, 0.3) is 0 Å². The Kier molecular flexibility index (Phi) is 5.35. The lowest BCUT2D eigenvalue weighted by molar-refractivity contribution is 0.304. The van der Waals surface area contributed by atoms with Gasteiger partial charge in [-0.25, -0.2) is 9.37 Å². The highest BCUT2D eigenvalue weighted by atomic mass is 79.9. The van der Waals surface area contributed by atoms with Crippen molar-refractivity contribution in [1.82, 2.24) is 4.98 Å². The third kappa shape index (κ3) is 3.93. The van der Waals surface area contributed by atoms with Crippen molar-refractivity contribution in [1.29, 1.82) is 0 Å². The van der Waals surface area contributed by atoms with Crippen LogP contribution in [0.1, 0.15) is 18.9 Å². The van der Waals surface area contributed by atoms with Gasteiger partial charge in [0.25, 0.3) is 0 Å². The van der Waals surface area contributed by atoms with Crippen LogP contribution in [-0.4, -0.2) is 11.5 Å². The summed E-state index contributed by atoms with van der Waals surface area (Å²) in [5.41, 5.74) is 0.948. The molecule has 0 saturated carbocycles. The number of pyridine rings is 1. The first-order chi connectivity index (χ1) is 9.70. The van der Waals surface area contributed by atoms with Gasteiger partial charge < -0.3 is 10.1 Å². The van der Waals surface area contributed by atoms with E-state index in [-0.39, 0.29) is 5.82 Å². The van der Waals surface area contributed by atoms with Crippen LogP contribution in [0.5, 0.6) is 5.75 Å². The Hall–Kier alpha value is -1.62. The Labute approximate surface area is 126 Å². The molecule has 0 aliphatic carbocycles. The van der Waals surface area contributed by atoms with E-state index in [0.717, 1.165) is 24.3 Å². The van der Waals surface area contributed by atoms with Crippen LogP contribution in [0.4, 0.5) is 10.2 Å². The van der Waals surface area contributed by atoms with E-state index in [4.69, 9.17) is 4.74 Å². The molecule has 1 aromatic carbocycles. The zero-order valence-corrected chi connectivity index (χ0v) is 12.8. The number of benzene rings is 1. The molecule has 0 amide bonds. The molecule has 0 bridgehead atoms. The standard InChI is InChI=1S/C15H16BrFN2O/c1-2-7-18-15-11(4-3-8-19-15)10-20-12-5-6-13(16)14(17)9-12/h3-6,8-9H,2,7,10H2,1H3,(H,18,19). The van der Waals surface area contributed by atoms with Crippen LogP contribution in [0, 0.1) is 5.82 Å². The lowest BCUT2D eigenvalue weighted by Gasteiger charge is -2.11. The van der Waals surface area contributed by atoms with Crippen LogP contribution < -0.4 is 10.1 Å². The second-order valence-electron chi connectivity index (χ2n) is 4.30. The smallest absolute Gasteiger partial charge is 0.141 e. The minimum atomic E-state index is -0.335. The van der Waals surface area contributed by atoms with Gasteiger partial charge >= 0.3 is 0 Å². The second-order valence-corrected chi connectivity index (χ2v) is 5.16. The zero-order chi connectivity index (χ0) is 14.4. The fourth-order valence-corrected chi connectivity index (χ4v) is 1.93. The van der Waals surface area contributed by atoms with Crippen molar-refractivity contribution >= 4 is 21.7 Å². The third-order valence-electron chi connectivity index (χ3n) is 2.72. The van der Waals surface area contributed by atoms with E-state index in [1.807, 2.05) is 12.1 Å². The highest BCUT2D eigenvalue weighted by Crippen LogP contribution is 2.22. The number of nitrogens with zero attached hydrogens (tertiary/aromatic N) is 1. The van der Waals surface area contributed by atoms with E-state index < -0.39 is 0 Å². The van der Waals surface area contributed by atoms with Gasteiger partial charge in [-0.1, -0.05) is 13.0 Å². The first kappa shape index (κ1) is 14.8. The molecule has 3 nitrogen and oxygen atoms in total. The topological polar surface area (TPSA) is 34.2 Å². The SMILES string of the molecule is CCCNc1ncccc1COc1ccc(Br)c(F)c1. The number of halogens is 2. The number of nitrogens with one attached hydrogen (secondary N) is 1. The zero-order valence-electron chi connectivity index (χ0n) is 11.2. The van der Waals surface area contributed by atoms with Gasteiger partial charge in [-0.15, -0.1) is 0 Å². The fraction of sp³-hybridized carbons (Fsp3) is 0.267. The first-order valence-electron chi connectivity index (χ1n) is 6.46. The van der Waals surface area contributed by atoms with E-state index in [0.29, 0.717) is 16.8 Å². The molecule has 20 heavy (non-hydrogen) atoms. The second kappa shape index (κ2) is 7.24. The summed E-state index contributed by atoms with van der Waals surface area (Å²) in [5, 5.41) is 3.25. The third-order valence-corrected chi connectivity index (χ3v) is 3.36. The van der Waals surface area contributed by atoms with Crippen LogP contribution in [0.2, 0.25) is 0 Å². The molecule has 5 heteroatoms. The summed E-state index contributed by atoms with van der Waals surface area (Å²) in [6.45, 7) is 3.30. The highest BCUT2D eigenvalue weighted by Gasteiger charge is 2.05. The van der Waals surface area contributed by atoms with E-state index in [1.165, 1.54) is 6.07 Å². The summed E-state index contributed by atoms with van der Waals surface area (Å²) in [6, 6.07) is 8.52. The van der Waals surface area contributed by atoms with E-state index in [1.54, 1.807) is 18.3 Å². The van der Waals surface area contributed by atoms with Gasteiger partial charge in [-0.2, -0.15) is 0 Å². The predicted octanol–water partition coefficient (Wildman–Crippen LogP) is 4.38. The molecule has 2 rings (SSSR count). The molecule has 0 aliphatic heterocycles. The summed E-state index contributed by atoms with van der Waals surface area (Å²) in [5.74, 6) is 0.973. The summed E-state index contributed by atoms with van der Waals surface area (Å²) >= 11 is 3.11. The summed E-state index contributed by atoms with van der Waals surface area (Å²) in [4.78, 5) is 4.29. The van der Waals surface area contributed by atoms with E-state index >= 15 is 0 Å². The number of anilines is 1. The van der Waals surface area contributed by atoms with E-state index in [2.05, 4.69) is 33.2 Å². The number of aromatic nitrogens is 1. The van der Waals surface area contributed by atoms with Gasteiger partial charge in [0.1, 0.15) is 24.0 Å². The Morgan fingerprint density at radius 1 is 1.35 bits per heavy atom. The van der Waals surface area contributed by atoms with Gasteiger partial charge in [-0.3, -0.25) is 0 Å². The van der Waals surface area contributed by atoms with Crippen molar-refractivity contribution in [3.8, 4) is 5.75 Å². The monoisotopic (exact) mass is 338 g/mol. The number of ether oxygens (including phenoxy) is 1. The Balaban J connectivity index is 2.04. The molecule has 0 fully saturated rings. The van der Waals surface area contributed by atoms with Crippen molar-refractivity contribution in [3.05, 3.63) is 52.4 Å². The lowest BCUT2D eigenvalue weighted by Crippen LogP contribution is -2.07. The lowest BCUT2D eigenvalue weighted by atomic mass is 10.2. The average Bonchev–Trinajstić information content (AvgIpc) is 2.47. The van der Waals surface area contributed by atoms with Crippen molar-refractivity contribution in [2.75, 3.05) is 11.9 Å². The molecular formula is C15H16BrFN2O. The van der Waals surface area contributed by atoms with Gasteiger partial charge in [-0.05, 0) is 40.5 Å². The van der Waals surface area contributed by atoms with Crippen LogP contribution in [0.15, 0.2) is 41.0 Å². The van der Waals surface area contributed by atoms with Crippen molar-refractivity contribution < 1.29 is 9.13 Å². The van der Waals surface area contributed by atoms with Crippen molar-refractivity contribution in [3.63, 3.8) is 0 Å². The molecule has 0 aliphatic rings. The van der Waals surface area contributed by atoms with Crippen molar-refractivity contribution in [2.24, 2.45) is 0 Å². The largest absolute Gasteiger partial charge is 0.489 e. The molecular weight excluding hydrogens is 323 g/mol. The molecule has 0 radical (unpaired) electrons. The van der Waals surface area contributed by atoms with Gasteiger partial charge in [0.15, 0.2) is 0 Å². The average molecular weight is 339 g/mol. The summed E-state index contributed by atoms with van der Waals surface area (Å²) in [6.07, 6.45) is 2.76. The molecule has 0 atom stereocenters. The summed E-state index contributed by atoms with van der Waals surface area (Å²) in [7, 11) is 0. The maximum absolute atomic E-state index is 13.4. The molecule has 1 N–H and O–H groups in total. The van der Waals surface area contributed by atoms with Gasteiger partial charge in [0, 0.05) is 24.4 Å². The Bertz CT molecular complexity index is 578. The Morgan fingerprint density at radius 3 is 2.95 bits per heavy atom. The molecule has 106 valence electrons. The molecule has 1 aromatic heterocycles. The van der Waals surface area contributed by atoms with Crippen LogP contribution >= 0.6 is 15.9 Å². The van der Waals surface area contributed by atoms with Gasteiger partial charge in [0.2, 0.25) is 0 Å².